The molecule has 1 heterocycles. The first-order valence-electron chi connectivity index (χ1n) is 7.83. The molecule has 0 saturated heterocycles. The van der Waals surface area contributed by atoms with Crippen LogP contribution in [0, 0.1) is 5.92 Å². The molecule has 0 bridgehead atoms. The maximum atomic E-state index is 12.2. The molecule has 1 amide bonds. The van der Waals surface area contributed by atoms with Gasteiger partial charge in [-0.05, 0) is 37.8 Å². The molecule has 1 N–H and O–H groups in total. The third-order valence-corrected chi connectivity index (χ3v) is 3.80. The third kappa shape index (κ3) is 4.26. The second-order valence-electron chi connectivity index (χ2n) is 6.24. The summed E-state index contributed by atoms with van der Waals surface area (Å²) in [5, 5.41) is 4.02. The molecular weight excluding hydrogens is 278 g/mol. The van der Waals surface area contributed by atoms with Crippen molar-refractivity contribution in [3.63, 3.8) is 0 Å². The number of hydrogen-bond acceptors (Lipinski definition) is 3. The van der Waals surface area contributed by atoms with Gasteiger partial charge in [0.2, 0.25) is 5.91 Å². The van der Waals surface area contributed by atoms with Gasteiger partial charge < -0.3 is 14.5 Å². The van der Waals surface area contributed by atoms with Gasteiger partial charge in [-0.15, -0.1) is 0 Å². The fraction of sp³-hybridized carbons (Fsp3) is 0.500. The van der Waals surface area contributed by atoms with Crippen LogP contribution < -0.4 is 10.1 Å². The van der Waals surface area contributed by atoms with Crippen LogP contribution in [-0.4, -0.2) is 19.1 Å². The second kappa shape index (κ2) is 7.34. The van der Waals surface area contributed by atoms with Gasteiger partial charge in [0.25, 0.3) is 0 Å². The van der Waals surface area contributed by atoms with Crippen molar-refractivity contribution < 1.29 is 13.9 Å². The number of nitrogens with one attached hydrogen (secondary N) is 1. The van der Waals surface area contributed by atoms with Crippen molar-refractivity contribution in [2.24, 2.45) is 5.92 Å². The molecule has 120 valence electrons. The van der Waals surface area contributed by atoms with Crippen molar-refractivity contribution in [2.75, 3.05) is 7.11 Å². The van der Waals surface area contributed by atoms with Gasteiger partial charge in [0, 0.05) is 23.1 Å². The number of hydrogen-bond donors (Lipinski definition) is 1. The molecule has 0 unspecified atom stereocenters. The minimum Gasteiger partial charge on any atom is -0.497 e. The van der Waals surface area contributed by atoms with E-state index in [2.05, 4.69) is 26.1 Å². The Hall–Kier alpha value is -1.97. The average Bonchev–Trinajstić information content (AvgIpc) is 2.87. The molecule has 0 fully saturated rings. The van der Waals surface area contributed by atoms with Gasteiger partial charge in [-0.3, -0.25) is 4.79 Å². The Morgan fingerprint density at radius 1 is 1.27 bits per heavy atom. The molecule has 0 radical (unpaired) electrons. The molecule has 0 aliphatic heterocycles. The highest BCUT2D eigenvalue weighted by Crippen LogP contribution is 2.25. The van der Waals surface area contributed by atoms with Gasteiger partial charge in [0.05, 0.1) is 19.8 Å². The Morgan fingerprint density at radius 3 is 2.73 bits per heavy atom. The van der Waals surface area contributed by atoms with Crippen LogP contribution in [-0.2, 0) is 11.2 Å². The Kier molecular flexibility index (Phi) is 5.47. The topological polar surface area (TPSA) is 51.5 Å². The first-order valence-corrected chi connectivity index (χ1v) is 7.83. The van der Waals surface area contributed by atoms with Crippen molar-refractivity contribution in [3.8, 4) is 5.75 Å². The summed E-state index contributed by atoms with van der Waals surface area (Å²) in [4.78, 5) is 12.2. The fourth-order valence-corrected chi connectivity index (χ4v) is 2.48. The Morgan fingerprint density at radius 2 is 2.05 bits per heavy atom. The van der Waals surface area contributed by atoms with E-state index in [1.165, 1.54) is 0 Å². The monoisotopic (exact) mass is 303 g/mol. The van der Waals surface area contributed by atoms with Crippen LogP contribution >= 0.6 is 0 Å². The lowest BCUT2D eigenvalue weighted by atomic mass is 10.0. The first-order chi connectivity index (χ1) is 10.5. The molecule has 1 aromatic carbocycles. The second-order valence-corrected chi connectivity index (χ2v) is 6.24. The maximum absolute atomic E-state index is 12.2. The molecular formula is C18H25NO3. The van der Waals surface area contributed by atoms with Gasteiger partial charge in [0.15, 0.2) is 0 Å². The largest absolute Gasteiger partial charge is 0.497 e. The van der Waals surface area contributed by atoms with E-state index in [4.69, 9.17) is 9.15 Å². The van der Waals surface area contributed by atoms with Crippen molar-refractivity contribution in [1.29, 1.82) is 0 Å². The zero-order valence-electron chi connectivity index (χ0n) is 13.8. The summed E-state index contributed by atoms with van der Waals surface area (Å²) >= 11 is 0. The van der Waals surface area contributed by atoms with E-state index in [0.717, 1.165) is 35.1 Å². The number of rotatable bonds is 7. The summed E-state index contributed by atoms with van der Waals surface area (Å²) in [5.41, 5.74) is 1.65. The quantitative estimate of drug-likeness (QED) is 0.843. The number of carbonyl (C=O) groups is 1. The van der Waals surface area contributed by atoms with Gasteiger partial charge in [-0.25, -0.2) is 0 Å². The van der Waals surface area contributed by atoms with E-state index < -0.39 is 0 Å². The Labute approximate surface area is 131 Å². The number of carbonyl (C=O) groups excluding carboxylic acids is 1. The lowest BCUT2D eigenvalue weighted by molar-refractivity contribution is -0.121. The zero-order chi connectivity index (χ0) is 16.1. The lowest BCUT2D eigenvalue weighted by Gasteiger charge is -2.14. The van der Waals surface area contributed by atoms with Crippen molar-refractivity contribution in [3.05, 3.63) is 30.0 Å². The summed E-state index contributed by atoms with van der Waals surface area (Å²) in [5.74, 6) is 1.45. The molecule has 1 atom stereocenters. The van der Waals surface area contributed by atoms with E-state index >= 15 is 0 Å². The van der Waals surface area contributed by atoms with E-state index in [1.807, 2.05) is 18.2 Å². The predicted molar refractivity (Wildman–Crippen MR) is 88.1 cm³/mol. The van der Waals surface area contributed by atoms with E-state index in [-0.39, 0.29) is 11.9 Å². The maximum Gasteiger partial charge on any atom is 0.224 e. The van der Waals surface area contributed by atoms with Crippen LogP contribution in [0.5, 0.6) is 5.75 Å². The van der Waals surface area contributed by atoms with Crippen LogP contribution in [0.25, 0.3) is 11.0 Å². The van der Waals surface area contributed by atoms with Gasteiger partial charge >= 0.3 is 0 Å². The molecule has 4 heteroatoms. The smallest absolute Gasteiger partial charge is 0.224 e. The molecule has 0 spiro atoms. The normalized spacial score (nSPS) is 12.6. The first kappa shape index (κ1) is 16.4. The predicted octanol–water partition coefficient (Wildman–Crippen LogP) is 3.92. The van der Waals surface area contributed by atoms with Gasteiger partial charge in [-0.2, -0.15) is 0 Å². The van der Waals surface area contributed by atoms with E-state index in [0.29, 0.717) is 12.3 Å². The zero-order valence-corrected chi connectivity index (χ0v) is 13.8. The number of ether oxygens (including phenoxy) is 1. The van der Waals surface area contributed by atoms with Crippen LogP contribution in [0.2, 0.25) is 0 Å². The number of fused-ring (bicyclic) bond motifs is 1. The van der Waals surface area contributed by atoms with Crippen LogP contribution in [0.1, 0.15) is 39.2 Å². The summed E-state index contributed by atoms with van der Waals surface area (Å²) in [6, 6.07) is 5.85. The van der Waals surface area contributed by atoms with Crippen LogP contribution in [0.15, 0.2) is 28.9 Å². The highest BCUT2D eigenvalue weighted by molar-refractivity contribution is 5.88. The highest BCUT2D eigenvalue weighted by Gasteiger charge is 2.13. The number of benzene rings is 1. The average molecular weight is 303 g/mol. The SMILES string of the molecule is COc1ccc2c(CC(=O)N[C@H](C)CCC(C)C)coc2c1. The Balaban J connectivity index is 1.97. The molecule has 2 rings (SSSR count). The molecule has 0 saturated carbocycles. The summed E-state index contributed by atoms with van der Waals surface area (Å²) in [6.07, 6.45) is 4.12. The minimum atomic E-state index is 0.0368. The Bertz CT molecular complexity index is 630. The summed E-state index contributed by atoms with van der Waals surface area (Å²) < 4.78 is 10.7. The van der Waals surface area contributed by atoms with Crippen molar-refractivity contribution >= 4 is 16.9 Å². The van der Waals surface area contributed by atoms with Crippen LogP contribution in [0.3, 0.4) is 0 Å². The highest BCUT2D eigenvalue weighted by atomic mass is 16.5. The molecule has 4 nitrogen and oxygen atoms in total. The van der Waals surface area contributed by atoms with Crippen molar-refractivity contribution in [1.82, 2.24) is 5.32 Å². The molecule has 0 aliphatic carbocycles. The number of amides is 1. The third-order valence-electron chi connectivity index (χ3n) is 3.80. The van der Waals surface area contributed by atoms with Gasteiger partial charge in [0.1, 0.15) is 11.3 Å². The fourth-order valence-electron chi connectivity index (χ4n) is 2.48. The lowest BCUT2D eigenvalue weighted by Crippen LogP contribution is -2.33. The molecule has 1 aromatic heterocycles. The molecule has 2 aromatic rings. The number of methoxy groups -OCH3 is 1. The van der Waals surface area contributed by atoms with Crippen molar-refractivity contribution in [2.45, 2.75) is 46.1 Å². The van der Waals surface area contributed by atoms with Crippen LogP contribution in [0.4, 0.5) is 0 Å². The van der Waals surface area contributed by atoms with Gasteiger partial charge in [-0.1, -0.05) is 13.8 Å². The minimum absolute atomic E-state index is 0.0368. The standard InChI is InChI=1S/C18H25NO3/c1-12(2)5-6-13(3)19-18(20)9-14-11-22-17-10-15(21-4)7-8-16(14)17/h7-8,10-13H,5-6,9H2,1-4H3,(H,19,20)/t13-/m1/s1. The van der Waals surface area contributed by atoms with E-state index in [1.54, 1.807) is 13.4 Å². The van der Waals surface area contributed by atoms with E-state index in [9.17, 15) is 4.79 Å². The number of furan rings is 1. The summed E-state index contributed by atoms with van der Waals surface area (Å²) in [6.45, 7) is 6.44. The molecule has 22 heavy (non-hydrogen) atoms. The summed E-state index contributed by atoms with van der Waals surface area (Å²) in [7, 11) is 1.62. The molecule has 0 aliphatic rings.